The molecule has 0 amide bonds. The van der Waals surface area contributed by atoms with Crippen LogP contribution in [0, 0.1) is 0 Å². The Kier molecular flexibility index (Phi) is 3.72. The summed E-state index contributed by atoms with van der Waals surface area (Å²) < 4.78 is 1.80. The lowest BCUT2D eigenvalue weighted by molar-refractivity contribution is 0.799. The van der Waals surface area contributed by atoms with E-state index in [4.69, 9.17) is 0 Å². The molecule has 3 nitrogen and oxygen atoms in total. The van der Waals surface area contributed by atoms with E-state index in [1.165, 1.54) is 12.0 Å². The normalized spacial score (nSPS) is 10.6. The molecule has 0 saturated heterocycles. The summed E-state index contributed by atoms with van der Waals surface area (Å²) in [6, 6.07) is 8.46. The van der Waals surface area contributed by atoms with Gasteiger partial charge in [0.1, 0.15) is 0 Å². The Morgan fingerprint density at radius 1 is 1.25 bits per heavy atom. The first-order chi connectivity index (χ1) is 7.83. The summed E-state index contributed by atoms with van der Waals surface area (Å²) in [5, 5.41) is 8.84. The highest BCUT2D eigenvalue weighted by Gasteiger charge is 2.01. The van der Waals surface area contributed by atoms with Gasteiger partial charge in [-0.05, 0) is 24.1 Å². The van der Waals surface area contributed by atoms with Gasteiger partial charge in [0, 0.05) is 5.33 Å². The van der Waals surface area contributed by atoms with Crippen molar-refractivity contribution in [1.29, 1.82) is 0 Å². The van der Waals surface area contributed by atoms with E-state index in [0.29, 0.717) is 0 Å². The Morgan fingerprint density at radius 2 is 2.00 bits per heavy atom. The molecule has 0 aliphatic rings. The lowest BCUT2D eigenvalue weighted by Crippen LogP contribution is -1.95. The van der Waals surface area contributed by atoms with Gasteiger partial charge in [0.25, 0.3) is 0 Å². The van der Waals surface area contributed by atoms with Gasteiger partial charge in [-0.15, -0.1) is 5.10 Å². The number of aromatic nitrogens is 3. The maximum atomic E-state index is 4.07. The van der Waals surface area contributed by atoms with Gasteiger partial charge in [-0.2, -0.15) is 0 Å². The first-order valence-corrected chi connectivity index (χ1v) is 6.52. The van der Waals surface area contributed by atoms with E-state index in [0.717, 1.165) is 23.1 Å². The summed E-state index contributed by atoms with van der Waals surface area (Å²) in [5.74, 6) is 0. The predicted octanol–water partition coefficient (Wildman–Crippen LogP) is 3.11. The van der Waals surface area contributed by atoms with E-state index in [2.05, 4.69) is 57.4 Å². The molecule has 0 radical (unpaired) electrons. The summed E-state index contributed by atoms with van der Waals surface area (Å²) in [5.41, 5.74) is 3.37. The molecule has 0 fully saturated rings. The fourth-order valence-electron chi connectivity index (χ4n) is 1.59. The van der Waals surface area contributed by atoms with Crippen LogP contribution in [0.3, 0.4) is 0 Å². The van der Waals surface area contributed by atoms with Crippen molar-refractivity contribution in [2.45, 2.75) is 25.1 Å². The van der Waals surface area contributed by atoms with Crippen molar-refractivity contribution in [2.24, 2.45) is 0 Å². The zero-order valence-corrected chi connectivity index (χ0v) is 10.8. The van der Waals surface area contributed by atoms with Gasteiger partial charge in [-0.1, -0.05) is 46.6 Å². The summed E-state index contributed by atoms with van der Waals surface area (Å²) in [6.07, 6.45) is 4.24. The second kappa shape index (κ2) is 5.25. The third-order valence-electron chi connectivity index (χ3n) is 2.42. The summed E-state index contributed by atoms with van der Waals surface area (Å²) in [6.45, 7) is 2.19. The Morgan fingerprint density at radius 3 is 2.56 bits per heavy atom. The van der Waals surface area contributed by atoms with Crippen LogP contribution in [0.25, 0.3) is 5.69 Å². The van der Waals surface area contributed by atoms with Crippen molar-refractivity contribution in [3.63, 3.8) is 0 Å². The molecule has 1 aromatic heterocycles. The van der Waals surface area contributed by atoms with Crippen LogP contribution >= 0.6 is 15.9 Å². The molecule has 0 saturated carbocycles. The number of hydrogen-bond acceptors (Lipinski definition) is 2. The molecular formula is C12H14BrN3. The quantitative estimate of drug-likeness (QED) is 0.806. The Balaban J connectivity index is 2.20. The van der Waals surface area contributed by atoms with E-state index < -0.39 is 0 Å². The number of halogens is 1. The molecule has 4 heteroatoms. The van der Waals surface area contributed by atoms with Gasteiger partial charge in [-0.3, -0.25) is 0 Å². The van der Waals surface area contributed by atoms with E-state index in [-0.39, 0.29) is 0 Å². The molecule has 16 heavy (non-hydrogen) atoms. The zero-order chi connectivity index (χ0) is 11.4. The molecule has 0 unspecified atom stereocenters. The molecule has 84 valence electrons. The van der Waals surface area contributed by atoms with Crippen LogP contribution in [0.15, 0.2) is 30.5 Å². The number of aryl methyl sites for hydroxylation is 1. The molecule has 0 aliphatic heterocycles. The smallest absolute Gasteiger partial charge is 0.0937 e. The van der Waals surface area contributed by atoms with Crippen LogP contribution < -0.4 is 0 Å². The maximum Gasteiger partial charge on any atom is 0.0937 e. The Bertz CT molecular complexity index is 448. The SMILES string of the molecule is CCCc1ccc(-n2cc(CBr)nn2)cc1. The molecule has 1 aromatic carbocycles. The van der Waals surface area contributed by atoms with E-state index in [1.54, 1.807) is 4.68 Å². The van der Waals surface area contributed by atoms with Gasteiger partial charge >= 0.3 is 0 Å². The van der Waals surface area contributed by atoms with Gasteiger partial charge in [0.05, 0.1) is 17.6 Å². The largest absolute Gasteiger partial charge is 0.220 e. The molecule has 2 aromatic rings. The van der Waals surface area contributed by atoms with Crippen LogP contribution in [0.4, 0.5) is 0 Å². The second-order valence-electron chi connectivity index (χ2n) is 3.70. The summed E-state index contributed by atoms with van der Waals surface area (Å²) >= 11 is 3.36. The predicted molar refractivity (Wildman–Crippen MR) is 68.0 cm³/mol. The minimum Gasteiger partial charge on any atom is -0.220 e. The van der Waals surface area contributed by atoms with Crippen LogP contribution in [0.1, 0.15) is 24.6 Å². The molecule has 1 heterocycles. The van der Waals surface area contributed by atoms with Crippen molar-refractivity contribution in [2.75, 3.05) is 0 Å². The molecule has 0 aliphatic carbocycles. The topological polar surface area (TPSA) is 30.7 Å². The molecule has 0 N–H and O–H groups in total. The van der Waals surface area contributed by atoms with Crippen LogP contribution in [0.5, 0.6) is 0 Å². The van der Waals surface area contributed by atoms with Crippen LogP contribution in [-0.4, -0.2) is 15.0 Å². The highest BCUT2D eigenvalue weighted by Crippen LogP contribution is 2.11. The van der Waals surface area contributed by atoms with Crippen molar-refractivity contribution in [1.82, 2.24) is 15.0 Å². The van der Waals surface area contributed by atoms with Gasteiger partial charge in [-0.25, -0.2) is 4.68 Å². The number of benzene rings is 1. The zero-order valence-electron chi connectivity index (χ0n) is 9.23. The number of rotatable bonds is 4. The van der Waals surface area contributed by atoms with E-state index in [1.807, 2.05) is 6.20 Å². The molecule has 0 bridgehead atoms. The van der Waals surface area contributed by atoms with Crippen molar-refractivity contribution < 1.29 is 0 Å². The first-order valence-electron chi connectivity index (χ1n) is 5.40. The van der Waals surface area contributed by atoms with E-state index in [9.17, 15) is 0 Å². The maximum absolute atomic E-state index is 4.07. The van der Waals surface area contributed by atoms with Gasteiger partial charge in [0.15, 0.2) is 0 Å². The Labute approximate surface area is 104 Å². The van der Waals surface area contributed by atoms with Crippen molar-refractivity contribution >= 4 is 15.9 Å². The van der Waals surface area contributed by atoms with Crippen molar-refractivity contribution in [3.05, 3.63) is 41.7 Å². The van der Waals surface area contributed by atoms with E-state index >= 15 is 0 Å². The fraction of sp³-hybridized carbons (Fsp3) is 0.333. The Hall–Kier alpha value is -1.16. The average molecular weight is 280 g/mol. The summed E-state index contributed by atoms with van der Waals surface area (Å²) in [7, 11) is 0. The van der Waals surface area contributed by atoms with Crippen LogP contribution in [-0.2, 0) is 11.8 Å². The minimum atomic E-state index is 0.737. The number of alkyl halides is 1. The molecule has 2 rings (SSSR count). The monoisotopic (exact) mass is 279 g/mol. The number of hydrogen-bond donors (Lipinski definition) is 0. The highest BCUT2D eigenvalue weighted by atomic mass is 79.9. The number of nitrogens with zero attached hydrogens (tertiary/aromatic N) is 3. The fourth-order valence-corrected chi connectivity index (χ4v) is 1.85. The van der Waals surface area contributed by atoms with Crippen molar-refractivity contribution in [3.8, 4) is 5.69 Å². The lowest BCUT2D eigenvalue weighted by atomic mass is 10.1. The second-order valence-corrected chi connectivity index (χ2v) is 4.27. The molecule has 0 spiro atoms. The van der Waals surface area contributed by atoms with Crippen LogP contribution in [0.2, 0.25) is 0 Å². The minimum absolute atomic E-state index is 0.737. The highest BCUT2D eigenvalue weighted by molar-refractivity contribution is 9.08. The average Bonchev–Trinajstić information content (AvgIpc) is 2.79. The lowest BCUT2D eigenvalue weighted by Gasteiger charge is -2.02. The summed E-state index contributed by atoms with van der Waals surface area (Å²) in [4.78, 5) is 0. The van der Waals surface area contributed by atoms with Gasteiger partial charge < -0.3 is 0 Å². The third kappa shape index (κ3) is 2.50. The molecular weight excluding hydrogens is 266 g/mol. The standard InChI is InChI=1S/C12H14BrN3/c1-2-3-10-4-6-12(7-5-10)16-9-11(8-13)14-15-16/h4-7,9H,2-3,8H2,1H3. The third-order valence-corrected chi connectivity index (χ3v) is 2.99. The van der Waals surface area contributed by atoms with Gasteiger partial charge in [0.2, 0.25) is 0 Å². The molecule has 0 atom stereocenters. The first kappa shape index (κ1) is 11.3.